The number of rotatable bonds is 5. The SMILES string of the molecule is COc1ccccc1N1CCN(c2c(S(=O)(=O)c3ccc(C)cc3)cnc3ccc(Cl)cc23)CC1. The molecule has 4 aromatic rings. The van der Waals surface area contributed by atoms with Gasteiger partial charge in [0.2, 0.25) is 9.84 Å². The predicted molar refractivity (Wildman–Crippen MR) is 141 cm³/mol. The molecule has 1 saturated heterocycles. The van der Waals surface area contributed by atoms with Gasteiger partial charge in [-0.1, -0.05) is 41.4 Å². The number of para-hydroxylation sites is 2. The second-order valence-electron chi connectivity index (χ2n) is 8.59. The van der Waals surface area contributed by atoms with Crippen LogP contribution in [0.3, 0.4) is 0 Å². The summed E-state index contributed by atoms with van der Waals surface area (Å²) >= 11 is 6.35. The highest BCUT2D eigenvalue weighted by Gasteiger charge is 2.29. The number of hydrogen-bond acceptors (Lipinski definition) is 6. The number of benzene rings is 3. The lowest BCUT2D eigenvalue weighted by molar-refractivity contribution is 0.413. The van der Waals surface area contributed by atoms with Crippen molar-refractivity contribution in [1.82, 2.24) is 4.98 Å². The first-order valence-corrected chi connectivity index (χ1v) is 13.3. The number of hydrogen-bond donors (Lipinski definition) is 0. The highest BCUT2D eigenvalue weighted by molar-refractivity contribution is 7.91. The van der Waals surface area contributed by atoms with Crippen LogP contribution in [0.2, 0.25) is 5.02 Å². The zero-order chi connectivity index (χ0) is 24.6. The molecule has 35 heavy (non-hydrogen) atoms. The van der Waals surface area contributed by atoms with E-state index in [2.05, 4.69) is 14.8 Å². The number of nitrogens with zero attached hydrogens (tertiary/aromatic N) is 3. The van der Waals surface area contributed by atoms with Crippen molar-refractivity contribution in [3.8, 4) is 5.75 Å². The average molecular weight is 508 g/mol. The summed E-state index contributed by atoms with van der Waals surface area (Å²) in [6.45, 7) is 4.65. The van der Waals surface area contributed by atoms with Crippen LogP contribution >= 0.6 is 11.6 Å². The molecular weight excluding hydrogens is 482 g/mol. The van der Waals surface area contributed by atoms with E-state index >= 15 is 0 Å². The number of methoxy groups -OCH3 is 1. The number of halogens is 1. The molecule has 0 unspecified atom stereocenters. The van der Waals surface area contributed by atoms with Gasteiger partial charge in [0.05, 0.1) is 28.9 Å². The predicted octanol–water partition coefficient (Wildman–Crippen LogP) is 5.36. The molecule has 2 heterocycles. The van der Waals surface area contributed by atoms with Crippen LogP contribution in [0.15, 0.2) is 82.7 Å². The van der Waals surface area contributed by atoms with E-state index in [9.17, 15) is 8.42 Å². The maximum absolute atomic E-state index is 13.8. The van der Waals surface area contributed by atoms with E-state index in [1.165, 1.54) is 6.20 Å². The van der Waals surface area contributed by atoms with E-state index in [0.717, 1.165) is 35.5 Å². The van der Waals surface area contributed by atoms with Crippen molar-refractivity contribution in [1.29, 1.82) is 0 Å². The first-order chi connectivity index (χ1) is 16.9. The molecule has 1 fully saturated rings. The van der Waals surface area contributed by atoms with E-state index in [1.807, 2.05) is 49.4 Å². The summed E-state index contributed by atoms with van der Waals surface area (Å²) in [6.07, 6.45) is 1.48. The molecule has 3 aromatic carbocycles. The Labute approximate surface area is 210 Å². The van der Waals surface area contributed by atoms with Crippen LogP contribution in [0, 0.1) is 6.92 Å². The van der Waals surface area contributed by atoms with Crippen molar-refractivity contribution < 1.29 is 13.2 Å². The number of aryl methyl sites for hydroxylation is 1. The average Bonchev–Trinajstić information content (AvgIpc) is 2.88. The minimum atomic E-state index is -3.80. The molecule has 0 atom stereocenters. The Morgan fingerprint density at radius 2 is 1.60 bits per heavy atom. The van der Waals surface area contributed by atoms with Crippen molar-refractivity contribution in [2.45, 2.75) is 16.7 Å². The second-order valence-corrected chi connectivity index (χ2v) is 10.9. The van der Waals surface area contributed by atoms with E-state index in [1.54, 1.807) is 31.4 Å². The van der Waals surface area contributed by atoms with Crippen molar-refractivity contribution >= 4 is 43.7 Å². The number of pyridine rings is 1. The van der Waals surface area contributed by atoms with Crippen molar-refractivity contribution in [3.63, 3.8) is 0 Å². The molecule has 6 nitrogen and oxygen atoms in total. The third-order valence-corrected chi connectivity index (χ3v) is 8.42. The molecule has 5 rings (SSSR count). The monoisotopic (exact) mass is 507 g/mol. The van der Waals surface area contributed by atoms with Gasteiger partial charge in [-0.2, -0.15) is 0 Å². The molecule has 0 N–H and O–H groups in total. The maximum Gasteiger partial charge on any atom is 0.210 e. The normalized spacial score (nSPS) is 14.4. The van der Waals surface area contributed by atoms with Crippen LogP contribution in [0.25, 0.3) is 10.9 Å². The van der Waals surface area contributed by atoms with E-state index in [-0.39, 0.29) is 9.79 Å². The molecule has 1 aliphatic rings. The lowest BCUT2D eigenvalue weighted by Gasteiger charge is -2.38. The third kappa shape index (κ3) is 4.42. The Hall–Kier alpha value is -3.29. The third-order valence-electron chi connectivity index (χ3n) is 6.41. The van der Waals surface area contributed by atoms with E-state index < -0.39 is 9.84 Å². The van der Waals surface area contributed by atoms with Crippen LogP contribution < -0.4 is 14.5 Å². The summed E-state index contributed by atoms with van der Waals surface area (Å²) in [4.78, 5) is 9.32. The van der Waals surface area contributed by atoms with Gasteiger partial charge in [-0.3, -0.25) is 4.98 Å². The van der Waals surface area contributed by atoms with Gasteiger partial charge in [-0.15, -0.1) is 0 Å². The Kier molecular flexibility index (Phi) is 6.30. The molecule has 8 heteroatoms. The van der Waals surface area contributed by atoms with E-state index in [0.29, 0.717) is 29.3 Å². The molecule has 0 saturated carbocycles. The number of anilines is 2. The largest absolute Gasteiger partial charge is 0.495 e. The molecule has 1 aromatic heterocycles. The zero-order valence-corrected chi connectivity index (χ0v) is 21.2. The lowest BCUT2D eigenvalue weighted by Crippen LogP contribution is -2.47. The summed E-state index contributed by atoms with van der Waals surface area (Å²) in [5, 5.41) is 1.27. The number of fused-ring (bicyclic) bond motifs is 1. The molecule has 1 aliphatic heterocycles. The number of aromatic nitrogens is 1. The number of ether oxygens (including phenoxy) is 1. The Balaban J connectivity index is 1.57. The van der Waals surface area contributed by atoms with Crippen LogP contribution in [-0.4, -0.2) is 46.7 Å². The highest BCUT2D eigenvalue weighted by Crippen LogP contribution is 2.38. The van der Waals surface area contributed by atoms with Crippen molar-refractivity contribution in [3.05, 3.63) is 83.5 Å². The summed E-state index contributed by atoms with van der Waals surface area (Å²) in [5.41, 5.74) is 3.39. The van der Waals surface area contributed by atoms with Crippen molar-refractivity contribution in [2.24, 2.45) is 0 Å². The van der Waals surface area contributed by atoms with Gasteiger partial charge in [0.25, 0.3) is 0 Å². The summed E-state index contributed by atoms with van der Waals surface area (Å²) < 4.78 is 33.1. The van der Waals surface area contributed by atoms with Gasteiger partial charge >= 0.3 is 0 Å². The quantitative estimate of drug-likeness (QED) is 0.362. The lowest BCUT2D eigenvalue weighted by atomic mass is 10.1. The van der Waals surface area contributed by atoms with E-state index in [4.69, 9.17) is 16.3 Å². The summed E-state index contributed by atoms with van der Waals surface area (Å²) in [5.74, 6) is 0.824. The fourth-order valence-corrected chi connectivity index (χ4v) is 6.17. The molecule has 0 spiro atoms. The smallest absolute Gasteiger partial charge is 0.210 e. The highest BCUT2D eigenvalue weighted by atomic mass is 35.5. The van der Waals surface area contributed by atoms with Gasteiger partial charge in [0.15, 0.2) is 0 Å². The van der Waals surface area contributed by atoms with Gasteiger partial charge < -0.3 is 14.5 Å². The molecule has 0 aliphatic carbocycles. The fraction of sp³-hybridized carbons (Fsp3) is 0.222. The minimum Gasteiger partial charge on any atom is -0.495 e. The van der Waals surface area contributed by atoms with Crippen LogP contribution in [0.5, 0.6) is 5.75 Å². The van der Waals surface area contributed by atoms with Gasteiger partial charge in [-0.25, -0.2) is 8.42 Å². The van der Waals surface area contributed by atoms with Crippen LogP contribution in [0.1, 0.15) is 5.56 Å². The Morgan fingerprint density at radius 3 is 2.31 bits per heavy atom. The number of piperazine rings is 1. The summed E-state index contributed by atoms with van der Waals surface area (Å²) in [7, 11) is -2.13. The van der Waals surface area contributed by atoms with Gasteiger partial charge in [0, 0.05) is 42.8 Å². The zero-order valence-electron chi connectivity index (χ0n) is 19.6. The molecular formula is C27H26ClN3O3S. The summed E-state index contributed by atoms with van der Waals surface area (Å²) in [6, 6.07) is 20.3. The topological polar surface area (TPSA) is 62.7 Å². The number of sulfone groups is 1. The van der Waals surface area contributed by atoms with Crippen LogP contribution in [0.4, 0.5) is 11.4 Å². The molecule has 180 valence electrons. The standard InChI is InChI=1S/C27H26ClN3O3S/c1-19-7-10-21(11-8-19)35(32,33)26-18-29-23-12-9-20(28)17-22(23)27(26)31-15-13-30(14-16-31)24-5-3-4-6-25(24)34-2/h3-12,17-18H,13-16H2,1-2H3. The first-order valence-electron chi connectivity index (χ1n) is 11.4. The fourth-order valence-electron chi connectivity index (χ4n) is 4.56. The van der Waals surface area contributed by atoms with Crippen LogP contribution in [-0.2, 0) is 9.84 Å². The Morgan fingerprint density at radius 1 is 0.914 bits per heavy atom. The van der Waals surface area contributed by atoms with Crippen molar-refractivity contribution in [2.75, 3.05) is 43.1 Å². The molecule has 0 bridgehead atoms. The van der Waals surface area contributed by atoms with Gasteiger partial charge in [0.1, 0.15) is 10.6 Å². The maximum atomic E-state index is 13.8. The molecule has 0 amide bonds. The second kappa shape index (κ2) is 9.40. The minimum absolute atomic E-state index is 0.196. The Bertz CT molecular complexity index is 1480. The first kappa shape index (κ1) is 23.5. The molecule has 0 radical (unpaired) electrons. The van der Waals surface area contributed by atoms with Gasteiger partial charge in [-0.05, 0) is 49.4 Å².